The number of halogens is 4. The number of hydrogen-bond acceptors (Lipinski definition) is 3. The summed E-state index contributed by atoms with van der Waals surface area (Å²) in [7, 11) is 0. The molecule has 24 heavy (non-hydrogen) atoms. The van der Waals surface area contributed by atoms with Crippen LogP contribution in [0.5, 0.6) is 0 Å². The van der Waals surface area contributed by atoms with Crippen LogP contribution in [0.15, 0.2) is 48.2 Å². The molecule has 0 aromatic heterocycles. The molecule has 0 radical (unpaired) electrons. The van der Waals surface area contributed by atoms with Crippen molar-refractivity contribution in [2.45, 2.75) is 0 Å². The lowest BCUT2D eigenvalue weighted by Gasteiger charge is -2.06. The predicted octanol–water partition coefficient (Wildman–Crippen LogP) is 4.22. The first-order chi connectivity index (χ1) is 11.4. The Morgan fingerprint density at radius 3 is 2.38 bits per heavy atom. The summed E-state index contributed by atoms with van der Waals surface area (Å²) >= 11 is 5.72. The molecule has 0 aliphatic rings. The second-order valence-electron chi connectivity index (χ2n) is 4.50. The monoisotopic (exact) mass is 351 g/mol. The molecule has 2 N–H and O–H groups in total. The van der Waals surface area contributed by atoms with E-state index in [1.165, 1.54) is 12.1 Å². The van der Waals surface area contributed by atoms with Crippen molar-refractivity contribution in [3.63, 3.8) is 0 Å². The van der Waals surface area contributed by atoms with Crippen LogP contribution in [0.25, 0.3) is 0 Å². The lowest BCUT2D eigenvalue weighted by molar-refractivity contribution is -0.112. The van der Waals surface area contributed by atoms with Gasteiger partial charge >= 0.3 is 0 Å². The summed E-state index contributed by atoms with van der Waals surface area (Å²) in [5.41, 5.74) is -0.417. The summed E-state index contributed by atoms with van der Waals surface area (Å²) in [5, 5.41) is 14.2. The SMILES string of the molecule is N#C/C(=C/Nc1ccc(F)c(F)c1F)C(=O)Nc1ccc(Cl)cc1. The Hall–Kier alpha value is -2.98. The third-order valence-corrected chi connectivity index (χ3v) is 3.13. The van der Waals surface area contributed by atoms with Crippen molar-refractivity contribution in [3.8, 4) is 6.07 Å². The summed E-state index contributed by atoms with van der Waals surface area (Å²) in [6.07, 6.45) is 0.890. The highest BCUT2D eigenvalue weighted by Gasteiger charge is 2.14. The normalized spacial score (nSPS) is 10.9. The number of rotatable bonds is 4. The molecular formula is C16H9ClF3N3O. The highest BCUT2D eigenvalue weighted by Crippen LogP contribution is 2.20. The molecule has 0 saturated carbocycles. The Balaban J connectivity index is 2.14. The van der Waals surface area contributed by atoms with Gasteiger partial charge in [-0.25, -0.2) is 13.2 Å². The van der Waals surface area contributed by atoms with E-state index in [4.69, 9.17) is 16.9 Å². The minimum Gasteiger partial charge on any atom is -0.358 e. The molecule has 0 heterocycles. The number of carbonyl (C=O) groups excluding carboxylic acids is 1. The summed E-state index contributed by atoms with van der Waals surface area (Å²) in [4.78, 5) is 12.0. The largest absolute Gasteiger partial charge is 0.358 e. The Morgan fingerprint density at radius 2 is 1.75 bits per heavy atom. The molecule has 0 atom stereocenters. The minimum atomic E-state index is -1.66. The summed E-state index contributed by atoms with van der Waals surface area (Å²) in [5.74, 6) is -5.22. The Morgan fingerprint density at radius 1 is 1.08 bits per heavy atom. The third-order valence-electron chi connectivity index (χ3n) is 2.87. The van der Waals surface area contributed by atoms with Gasteiger partial charge in [-0.3, -0.25) is 4.79 Å². The fourth-order valence-corrected chi connectivity index (χ4v) is 1.79. The number of amides is 1. The van der Waals surface area contributed by atoms with E-state index in [0.717, 1.165) is 12.3 Å². The molecular weight excluding hydrogens is 343 g/mol. The molecule has 8 heteroatoms. The highest BCUT2D eigenvalue weighted by molar-refractivity contribution is 6.30. The molecule has 0 aliphatic heterocycles. The van der Waals surface area contributed by atoms with Crippen molar-refractivity contribution in [3.05, 3.63) is 70.6 Å². The maximum absolute atomic E-state index is 13.5. The van der Waals surface area contributed by atoms with Crippen LogP contribution in [0.2, 0.25) is 5.02 Å². The summed E-state index contributed by atoms with van der Waals surface area (Å²) in [6.45, 7) is 0. The maximum Gasteiger partial charge on any atom is 0.267 e. The molecule has 122 valence electrons. The zero-order chi connectivity index (χ0) is 17.7. The van der Waals surface area contributed by atoms with E-state index in [2.05, 4.69) is 10.6 Å². The Labute approximate surface area is 140 Å². The van der Waals surface area contributed by atoms with Crippen LogP contribution < -0.4 is 10.6 Å². The number of carbonyl (C=O) groups is 1. The zero-order valence-electron chi connectivity index (χ0n) is 11.9. The molecule has 2 rings (SSSR count). The lowest BCUT2D eigenvalue weighted by Crippen LogP contribution is -2.14. The molecule has 4 nitrogen and oxygen atoms in total. The van der Waals surface area contributed by atoms with E-state index in [9.17, 15) is 18.0 Å². The van der Waals surface area contributed by atoms with Crippen molar-refractivity contribution < 1.29 is 18.0 Å². The summed E-state index contributed by atoms with van der Waals surface area (Å²) in [6, 6.07) is 9.41. The zero-order valence-corrected chi connectivity index (χ0v) is 12.7. The van der Waals surface area contributed by atoms with E-state index in [-0.39, 0.29) is 0 Å². The predicted molar refractivity (Wildman–Crippen MR) is 83.7 cm³/mol. The molecule has 2 aromatic rings. The lowest BCUT2D eigenvalue weighted by atomic mass is 10.2. The van der Waals surface area contributed by atoms with Crippen LogP contribution in [-0.2, 0) is 4.79 Å². The second kappa shape index (κ2) is 7.53. The van der Waals surface area contributed by atoms with Gasteiger partial charge < -0.3 is 10.6 Å². The Bertz CT molecular complexity index is 845. The average molecular weight is 352 g/mol. The quantitative estimate of drug-likeness (QED) is 0.492. The smallest absolute Gasteiger partial charge is 0.267 e. The first-order valence-electron chi connectivity index (χ1n) is 6.49. The van der Waals surface area contributed by atoms with E-state index in [0.29, 0.717) is 16.8 Å². The van der Waals surface area contributed by atoms with Gasteiger partial charge in [0.25, 0.3) is 5.91 Å². The van der Waals surface area contributed by atoms with Gasteiger partial charge in [0.05, 0.1) is 5.69 Å². The van der Waals surface area contributed by atoms with Crippen LogP contribution in [0.3, 0.4) is 0 Å². The van der Waals surface area contributed by atoms with Crippen LogP contribution in [-0.4, -0.2) is 5.91 Å². The van der Waals surface area contributed by atoms with Gasteiger partial charge in [0, 0.05) is 16.9 Å². The van der Waals surface area contributed by atoms with Crippen molar-refractivity contribution >= 4 is 28.9 Å². The number of anilines is 2. The first kappa shape index (κ1) is 17.4. The highest BCUT2D eigenvalue weighted by atomic mass is 35.5. The fourth-order valence-electron chi connectivity index (χ4n) is 1.67. The van der Waals surface area contributed by atoms with Gasteiger partial charge in [-0.15, -0.1) is 0 Å². The minimum absolute atomic E-state index is 0.393. The van der Waals surface area contributed by atoms with Crippen molar-refractivity contribution in [1.82, 2.24) is 0 Å². The van der Waals surface area contributed by atoms with Crippen LogP contribution in [0.4, 0.5) is 24.5 Å². The molecule has 1 amide bonds. The fraction of sp³-hybridized carbons (Fsp3) is 0. The summed E-state index contributed by atoms with van der Waals surface area (Å²) < 4.78 is 39.4. The number of hydrogen-bond donors (Lipinski definition) is 2. The van der Waals surface area contributed by atoms with Gasteiger partial charge in [0.1, 0.15) is 11.6 Å². The molecule has 0 aliphatic carbocycles. The third kappa shape index (κ3) is 4.06. The average Bonchev–Trinajstić information content (AvgIpc) is 2.57. The van der Waals surface area contributed by atoms with Gasteiger partial charge in [-0.1, -0.05) is 11.6 Å². The van der Waals surface area contributed by atoms with E-state index in [1.54, 1.807) is 18.2 Å². The number of nitrogens with zero attached hydrogens (tertiary/aromatic N) is 1. The van der Waals surface area contributed by atoms with Gasteiger partial charge in [-0.05, 0) is 36.4 Å². The Kier molecular flexibility index (Phi) is 5.45. The molecule has 0 bridgehead atoms. The maximum atomic E-state index is 13.5. The van der Waals surface area contributed by atoms with Gasteiger partial charge in [0.15, 0.2) is 17.5 Å². The van der Waals surface area contributed by atoms with Crippen molar-refractivity contribution in [1.29, 1.82) is 5.26 Å². The van der Waals surface area contributed by atoms with Crippen LogP contribution >= 0.6 is 11.6 Å². The molecule has 0 unspecified atom stereocenters. The van der Waals surface area contributed by atoms with E-state index in [1.807, 2.05) is 0 Å². The van der Waals surface area contributed by atoms with E-state index < -0.39 is 34.6 Å². The van der Waals surface area contributed by atoms with Gasteiger partial charge in [0.2, 0.25) is 0 Å². The first-order valence-corrected chi connectivity index (χ1v) is 6.87. The number of benzene rings is 2. The van der Waals surface area contributed by atoms with Crippen LogP contribution in [0, 0.1) is 28.8 Å². The molecule has 0 saturated heterocycles. The second-order valence-corrected chi connectivity index (χ2v) is 4.93. The van der Waals surface area contributed by atoms with Crippen LogP contribution in [0.1, 0.15) is 0 Å². The number of nitriles is 1. The van der Waals surface area contributed by atoms with Crippen molar-refractivity contribution in [2.24, 2.45) is 0 Å². The van der Waals surface area contributed by atoms with Gasteiger partial charge in [-0.2, -0.15) is 5.26 Å². The topological polar surface area (TPSA) is 64.9 Å². The molecule has 0 fully saturated rings. The molecule has 2 aromatic carbocycles. The standard InChI is InChI=1S/C16H9ClF3N3O/c17-10-1-3-11(4-2-10)23-16(24)9(7-21)8-22-13-6-5-12(18)14(19)15(13)20/h1-6,8,22H,(H,23,24)/b9-8-. The number of nitrogens with one attached hydrogen (secondary N) is 2. The van der Waals surface area contributed by atoms with E-state index >= 15 is 0 Å². The van der Waals surface area contributed by atoms with Crippen molar-refractivity contribution in [2.75, 3.05) is 10.6 Å². The molecule has 0 spiro atoms.